The third-order valence-electron chi connectivity index (χ3n) is 4.16. The molecule has 2 amide bonds. The van der Waals surface area contributed by atoms with E-state index in [0.29, 0.717) is 12.2 Å². The van der Waals surface area contributed by atoms with Gasteiger partial charge in [0.2, 0.25) is 0 Å². The van der Waals surface area contributed by atoms with E-state index in [9.17, 15) is 4.79 Å². The fraction of sp³-hybridized carbons (Fsp3) is 0.438. The minimum absolute atomic E-state index is 0.267. The van der Waals surface area contributed by atoms with Gasteiger partial charge < -0.3 is 20.4 Å². The second kappa shape index (κ2) is 7.78. The Morgan fingerprint density at radius 1 is 1.25 bits per heavy atom. The van der Waals surface area contributed by atoms with Crippen molar-refractivity contribution in [1.29, 1.82) is 0 Å². The predicted molar refractivity (Wildman–Crippen MR) is 93.0 cm³/mol. The summed E-state index contributed by atoms with van der Waals surface area (Å²) in [6, 6.07) is 3.76. The molecule has 0 atom stereocenters. The van der Waals surface area contributed by atoms with Crippen LogP contribution in [-0.2, 0) is 6.54 Å². The van der Waals surface area contributed by atoms with Crippen molar-refractivity contribution in [3.05, 3.63) is 36.3 Å². The number of likely N-dealkylation sites (N-methyl/N-ethyl adjacent to an activating group) is 1. The Bertz CT molecular complexity index is 633. The number of pyridine rings is 1. The third-order valence-corrected chi connectivity index (χ3v) is 4.16. The Morgan fingerprint density at radius 3 is 2.71 bits per heavy atom. The number of carbonyl (C=O) groups excluding carboxylic acids is 1. The number of nitrogens with one attached hydrogen (secondary N) is 3. The van der Waals surface area contributed by atoms with Crippen LogP contribution >= 0.6 is 0 Å². The molecule has 8 nitrogen and oxygen atoms in total. The number of amides is 2. The number of hydrogen-bond acceptors (Lipinski definition) is 5. The number of nitrogens with zero attached hydrogens (tertiary/aromatic N) is 4. The van der Waals surface area contributed by atoms with Crippen LogP contribution in [0.15, 0.2) is 30.7 Å². The van der Waals surface area contributed by atoms with Crippen molar-refractivity contribution in [2.75, 3.05) is 42.9 Å². The summed E-state index contributed by atoms with van der Waals surface area (Å²) in [4.78, 5) is 21.0. The fourth-order valence-electron chi connectivity index (χ4n) is 2.68. The summed E-state index contributed by atoms with van der Waals surface area (Å²) in [7, 11) is 0. The van der Waals surface area contributed by atoms with Gasteiger partial charge in [-0.1, -0.05) is 13.0 Å². The van der Waals surface area contributed by atoms with Gasteiger partial charge in [-0.15, -0.1) is 0 Å². The lowest BCUT2D eigenvalue weighted by molar-refractivity contribution is 0.251. The number of rotatable bonds is 5. The molecular weight excluding hydrogens is 306 g/mol. The zero-order chi connectivity index (χ0) is 16.8. The van der Waals surface area contributed by atoms with Gasteiger partial charge >= 0.3 is 6.03 Å². The van der Waals surface area contributed by atoms with Crippen molar-refractivity contribution in [1.82, 2.24) is 25.4 Å². The number of urea groups is 1. The summed E-state index contributed by atoms with van der Waals surface area (Å²) in [5.41, 5.74) is 1.60. The minimum Gasteiger partial charge on any atom is -0.354 e. The van der Waals surface area contributed by atoms with Crippen LogP contribution in [0.4, 0.5) is 16.3 Å². The quantitative estimate of drug-likeness (QED) is 0.769. The van der Waals surface area contributed by atoms with Crippen molar-refractivity contribution in [3.8, 4) is 0 Å². The molecule has 1 aliphatic heterocycles. The van der Waals surface area contributed by atoms with Crippen LogP contribution in [0.1, 0.15) is 12.5 Å². The molecule has 1 aliphatic rings. The van der Waals surface area contributed by atoms with E-state index in [1.165, 1.54) is 0 Å². The zero-order valence-electron chi connectivity index (χ0n) is 13.8. The van der Waals surface area contributed by atoms with Gasteiger partial charge in [-0.3, -0.25) is 5.10 Å². The highest BCUT2D eigenvalue weighted by molar-refractivity contribution is 5.88. The number of aromatic amines is 1. The second-order valence-corrected chi connectivity index (χ2v) is 5.74. The Hall–Kier alpha value is -2.61. The molecule has 0 unspecified atom stereocenters. The van der Waals surface area contributed by atoms with E-state index in [2.05, 4.69) is 42.5 Å². The molecule has 128 valence electrons. The van der Waals surface area contributed by atoms with Crippen LogP contribution in [0.5, 0.6) is 0 Å². The summed E-state index contributed by atoms with van der Waals surface area (Å²) in [5, 5.41) is 11.9. The minimum atomic E-state index is -0.267. The maximum Gasteiger partial charge on any atom is 0.319 e. The Kier molecular flexibility index (Phi) is 5.27. The molecule has 3 heterocycles. The van der Waals surface area contributed by atoms with Gasteiger partial charge in [-0.25, -0.2) is 9.78 Å². The normalized spacial score (nSPS) is 15.3. The average Bonchev–Trinajstić information content (AvgIpc) is 3.13. The van der Waals surface area contributed by atoms with Crippen molar-refractivity contribution in [2.45, 2.75) is 13.5 Å². The molecule has 2 aromatic rings. The molecule has 0 bridgehead atoms. The van der Waals surface area contributed by atoms with Gasteiger partial charge in [0.15, 0.2) is 0 Å². The Morgan fingerprint density at radius 2 is 2.08 bits per heavy atom. The first-order chi connectivity index (χ1) is 11.7. The predicted octanol–water partition coefficient (Wildman–Crippen LogP) is 1.27. The largest absolute Gasteiger partial charge is 0.354 e. The number of piperazine rings is 1. The Labute approximate surface area is 141 Å². The highest BCUT2D eigenvalue weighted by Crippen LogP contribution is 2.14. The molecule has 3 rings (SSSR count). The monoisotopic (exact) mass is 329 g/mol. The van der Waals surface area contributed by atoms with Crippen LogP contribution in [0.25, 0.3) is 0 Å². The number of H-pyrrole nitrogens is 1. The van der Waals surface area contributed by atoms with E-state index < -0.39 is 0 Å². The highest BCUT2D eigenvalue weighted by atomic mass is 16.2. The molecule has 0 saturated carbocycles. The molecule has 2 aromatic heterocycles. The lowest BCUT2D eigenvalue weighted by atomic mass is 10.2. The summed E-state index contributed by atoms with van der Waals surface area (Å²) < 4.78 is 0. The van der Waals surface area contributed by atoms with Gasteiger partial charge in [0.05, 0.1) is 11.9 Å². The molecule has 3 N–H and O–H groups in total. The van der Waals surface area contributed by atoms with E-state index in [4.69, 9.17) is 0 Å². The summed E-state index contributed by atoms with van der Waals surface area (Å²) >= 11 is 0. The zero-order valence-corrected chi connectivity index (χ0v) is 13.8. The van der Waals surface area contributed by atoms with Gasteiger partial charge in [0.1, 0.15) is 5.82 Å². The van der Waals surface area contributed by atoms with E-state index in [-0.39, 0.29) is 6.03 Å². The van der Waals surface area contributed by atoms with Gasteiger partial charge in [-0.2, -0.15) is 5.10 Å². The topological polar surface area (TPSA) is 89.2 Å². The molecule has 0 radical (unpaired) electrons. The molecule has 0 spiro atoms. The van der Waals surface area contributed by atoms with Crippen LogP contribution in [0.3, 0.4) is 0 Å². The van der Waals surface area contributed by atoms with Crippen LogP contribution in [0, 0.1) is 0 Å². The van der Waals surface area contributed by atoms with Crippen LogP contribution < -0.4 is 15.5 Å². The van der Waals surface area contributed by atoms with E-state index in [0.717, 1.165) is 44.1 Å². The van der Waals surface area contributed by atoms with Crippen molar-refractivity contribution in [3.63, 3.8) is 0 Å². The lowest BCUT2D eigenvalue weighted by Gasteiger charge is -2.34. The number of aromatic nitrogens is 3. The van der Waals surface area contributed by atoms with Crippen molar-refractivity contribution < 1.29 is 4.79 Å². The standard InChI is InChI=1S/C16H23N7O/c1-2-22-5-7-23(8-6-22)15-4-3-13(9-17-15)10-18-16(24)21-14-11-19-20-12-14/h3-4,9,11-12H,2,5-8,10H2,1H3,(H,19,20)(H2,18,21,24). The maximum absolute atomic E-state index is 11.8. The fourth-order valence-corrected chi connectivity index (χ4v) is 2.68. The SMILES string of the molecule is CCN1CCN(c2ccc(CNC(=O)Nc3cn[nH]c3)cn2)CC1. The van der Waals surface area contributed by atoms with E-state index in [1.807, 2.05) is 18.3 Å². The van der Waals surface area contributed by atoms with Gasteiger partial charge in [0.25, 0.3) is 0 Å². The molecule has 1 fully saturated rings. The molecular formula is C16H23N7O. The highest BCUT2D eigenvalue weighted by Gasteiger charge is 2.16. The second-order valence-electron chi connectivity index (χ2n) is 5.74. The molecule has 24 heavy (non-hydrogen) atoms. The third kappa shape index (κ3) is 4.23. The lowest BCUT2D eigenvalue weighted by Crippen LogP contribution is -2.46. The first-order valence-electron chi connectivity index (χ1n) is 8.20. The smallest absolute Gasteiger partial charge is 0.319 e. The van der Waals surface area contributed by atoms with E-state index in [1.54, 1.807) is 12.4 Å². The summed E-state index contributed by atoms with van der Waals surface area (Å²) in [6.45, 7) is 7.90. The average molecular weight is 329 g/mol. The van der Waals surface area contributed by atoms with Crippen LogP contribution in [-0.4, -0.2) is 58.8 Å². The van der Waals surface area contributed by atoms with E-state index >= 15 is 0 Å². The molecule has 0 aliphatic carbocycles. The van der Waals surface area contributed by atoms with Gasteiger partial charge in [-0.05, 0) is 18.2 Å². The molecule has 8 heteroatoms. The first-order valence-corrected chi connectivity index (χ1v) is 8.20. The molecule has 1 saturated heterocycles. The summed E-state index contributed by atoms with van der Waals surface area (Å²) in [5.74, 6) is 0.998. The number of anilines is 2. The number of carbonyl (C=O) groups is 1. The molecule has 0 aromatic carbocycles. The van der Waals surface area contributed by atoms with Crippen LogP contribution in [0.2, 0.25) is 0 Å². The number of hydrogen-bond donors (Lipinski definition) is 3. The van der Waals surface area contributed by atoms with Crippen molar-refractivity contribution in [2.24, 2.45) is 0 Å². The first kappa shape index (κ1) is 16.3. The maximum atomic E-state index is 11.8. The summed E-state index contributed by atoms with van der Waals surface area (Å²) in [6.07, 6.45) is 4.99. The Balaban J connectivity index is 1.47. The van der Waals surface area contributed by atoms with Gasteiger partial charge in [0, 0.05) is 45.1 Å². The van der Waals surface area contributed by atoms with Crippen molar-refractivity contribution >= 4 is 17.5 Å².